The van der Waals surface area contributed by atoms with Gasteiger partial charge in [-0.25, -0.2) is 0 Å². The van der Waals surface area contributed by atoms with E-state index in [9.17, 15) is 9.59 Å². The van der Waals surface area contributed by atoms with Crippen molar-refractivity contribution < 1.29 is 14.3 Å². The number of hydrogen-bond donors (Lipinski definition) is 1. The van der Waals surface area contributed by atoms with E-state index in [0.717, 1.165) is 16.7 Å². The second-order valence-electron chi connectivity index (χ2n) is 7.57. The molecule has 2 aromatic heterocycles. The van der Waals surface area contributed by atoms with Crippen molar-refractivity contribution in [1.82, 2.24) is 24.6 Å². The molecule has 33 heavy (non-hydrogen) atoms. The van der Waals surface area contributed by atoms with Crippen LogP contribution in [0, 0.1) is 0 Å². The molecule has 170 valence electrons. The van der Waals surface area contributed by atoms with Gasteiger partial charge in [0.2, 0.25) is 0 Å². The van der Waals surface area contributed by atoms with E-state index >= 15 is 0 Å². The molecule has 2 aromatic carbocycles. The Labute approximate surface area is 196 Å². The maximum atomic E-state index is 12.8. The molecule has 8 nitrogen and oxygen atoms in total. The summed E-state index contributed by atoms with van der Waals surface area (Å²) in [5.74, 6) is 1.61. The van der Waals surface area contributed by atoms with Crippen LogP contribution in [0.5, 0.6) is 5.75 Å². The maximum absolute atomic E-state index is 12.8. The largest absolute Gasteiger partial charge is 0.497 e. The number of amides is 1. The lowest BCUT2D eigenvalue weighted by Gasteiger charge is -2.07. The van der Waals surface area contributed by atoms with Crippen molar-refractivity contribution in [1.29, 1.82) is 0 Å². The van der Waals surface area contributed by atoms with Gasteiger partial charge in [0.15, 0.2) is 10.9 Å². The van der Waals surface area contributed by atoms with E-state index < -0.39 is 0 Å². The molecule has 0 saturated carbocycles. The summed E-state index contributed by atoms with van der Waals surface area (Å²) < 4.78 is 8.94. The predicted octanol–water partition coefficient (Wildman–Crippen LogP) is 3.26. The van der Waals surface area contributed by atoms with Gasteiger partial charge in [0.1, 0.15) is 11.6 Å². The zero-order chi connectivity index (χ0) is 23.4. The van der Waals surface area contributed by atoms with Crippen LogP contribution in [0.2, 0.25) is 0 Å². The number of ether oxygens (including phenoxy) is 1. The summed E-state index contributed by atoms with van der Waals surface area (Å²) in [5, 5.41) is 12.9. The second-order valence-corrected chi connectivity index (χ2v) is 8.52. The average molecular weight is 464 g/mol. The van der Waals surface area contributed by atoms with Crippen LogP contribution in [-0.4, -0.2) is 50.4 Å². The Kier molecular flexibility index (Phi) is 6.79. The van der Waals surface area contributed by atoms with Gasteiger partial charge in [-0.15, -0.1) is 10.2 Å². The van der Waals surface area contributed by atoms with Crippen molar-refractivity contribution in [2.75, 3.05) is 19.4 Å². The normalized spacial score (nSPS) is 11.0. The first kappa shape index (κ1) is 22.6. The molecule has 0 unspecified atom stereocenters. The van der Waals surface area contributed by atoms with Gasteiger partial charge >= 0.3 is 0 Å². The van der Waals surface area contributed by atoms with E-state index in [4.69, 9.17) is 4.74 Å². The fourth-order valence-electron chi connectivity index (χ4n) is 3.59. The van der Waals surface area contributed by atoms with Gasteiger partial charge in [-0.3, -0.25) is 9.59 Å². The van der Waals surface area contributed by atoms with Crippen LogP contribution >= 0.6 is 11.8 Å². The summed E-state index contributed by atoms with van der Waals surface area (Å²) in [6.45, 7) is 0.427. The molecular weight excluding hydrogens is 438 g/mol. The van der Waals surface area contributed by atoms with E-state index in [1.807, 2.05) is 53.7 Å². The van der Waals surface area contributed by atoms with Crippen LogP contribution in [0.15, 0.2) is 59.9 Å². The standard InChI is InChI=1S/C24H25N5O3S/c1-28-14-19(18-6-4-5-7-20(18)28)21(30)15-33-24-27-26-22(29(24)2)12-13-25-23(31)16-8-10-17(32-3)11-9-16/h4-11,14H,12-13,15H2,1-3H3,(H,25,31). The molecule has 9 heteroatoms. The molecule has 1 N–H and O–H groups in total. The quantitative estimate of drug-likeness (QED) is 0.303. The van der Waals surface area contributed by atoms with Crippen LogP contribution in [0.1, 0.15) is 26.5 Å². The highest BCUT2D eigenvalue weighted by Gasteiger charge is 2.16. The fraction of sp³-hybridized carbons (Fsp3) is 0.250. The number of carbonyl (C=O) groups excluding carboxylic acids is 2. The lowest BCUT2D eigenvalue weighted by molar-refractivity contribution is 0.0953. The minimum Gasteiger partial charge on any atom is -0.497 e. The second kappa shape index (κ2) is 9.91. The summed E-state index contributed by atoms with van der Waals surface area (Å²) in [6, 6.07) is 14.8. The topological polar surface area (TPSA) is 91.0 Å². The molecule has 0 radical (unpaired) electrons. The smallest absolute Gasteiger partial charge is 0.251 e. The number of nitrogens with one attached hydrogen (secondary N) is 1. The molecule has 0 aliphatic rings. The molecule has 0 aliphatic carbocycles. The number of para-hydroxylation sites is 1. The Morgan fingerprint density at radius 2 is 1.82 bits per heavy atom. The van der Waals surface area contributed by atoms with Crippen molar-refractivity contribution in [2.24, 2.45) is 14.1 Å². The summed E-state index contributed by atoms with van der Waals surface area (Å²) in [4.78, 5) is 25.1. The van der Waals surface area contributed by atoms with Gasteiger partial charge in [-0.1, -0.05) is 30.0 Å². The van der Waals surface area contributed by atoms with Crippen molar-refractivity contribution >= 4 is 34.4 Å². The van der Waals surface area contributed by atoms with Crippen LogP contribution in [0.3, 0.4) is 0 Å². The summed E-state index contributed by atoms with van der Waals surface area (Å²) in [6.07, 6.45) is 2.41. The van der Waals surface area contributed by atoms with Crippen LogP contribution < -0.4 is 10.1 Å². The molecule has 0 fully saturated rings. The van der Waals surface area contributed by atoms with Gasteiger partial charge < -0.3 is 19.2 Å². The zero-order valence-electron chi connectivity index (χ0n) is 18.7. The van der Waals surface area contributed by atoms with Crippen LogP contribution in [0.25, 0.3) is 10.9 Å². The number of benzene rings is 2. The monoisotopic (exact) mass is 463 g/mol. The van der Waals surface area contributed by atoms with E-state index in [-0.39, 0.29) is 17.4 Å². The number of carbonyl (C=O) groups is 2. The first-order chi connectivity index (χ1) is 16.0. The Hall–Kier alpha value is -3.59. The number of rotatable bonds is 9. The number of aryl methyl sites for hydroxylation is 1. The Balaban J connectivity index is 1.32. The number of ketones is 1. The van der Waals surface area contributed by atoms with E-state index in [1.165, 1.54) is 11.8 Å². The van der Waals surface area contributed by atoms with Crippen LogP contribution in [-0.2, 0) is 20.5 Å². The fourth-order valence-corrected chi connectivity index (χ4v) is 4.41. The zero-order valence-corrected chi connectivity index (χ0v) is 19.6. The highest BCUT2D eigenvalue weighted by Crippen LogP contribution is 2.24. The third kappa shape index (κ3) is 4.93. The third-order valence-corrected chi connectivity index (χ3v) is 6.46. The molecule has 0 saturated heterocycles. The first-order valence-corrected chi connectivity index (χ1v) is 11.5. The van der Waals surface area contributed by atoms with Crippen LogP contribution in [0.4, 0.5) is 0 Å². The highest BCUT2D eigenvalue weighted by molar-refractivity contribution is 7.99. The Morgan fingerprint density at radius 1 is 1.06 bits per heavy atom. The van der Waals surface area contributed by atoms with Gasteiger partial charge in [0, 0.05) is 55.3 Å². The minimum atomic E-state index is -0.157. The highest BCUT2D eigenvalue weighted by atomic mass is 32.2. The van der Waals surface area contributed by atoms with E-state index in [1.54, 1.807) is 31.4 Å². The molecule has 0 bridgehead atoms. The molecular formula is C24H25N5O3S. The molecule has 4 rings (SSSR count). The summed E-state index contributed by atoms with van der Waals surface area (Å²) in [5.41, 5.74) is 2.31. The van der Waals surface area contributed by atoms with E-state index in [2.05, 4.69) is 15.5 Å². The van der Waals surface area contributed by atoms with Gasteiger partial charge in [0.05, 0.1) is 12.9 Å². The molecule has 0 aliphatic heterocycles. The third-order valence-electron chi connectivity index (χ3n) is 5.44. The number of thioether (sulfide) groups is 1. The predicted molar refractivity (Wildman–Crippen MR) is 128 cm³/mol. The Morgan fingerprint density at radius 3 is 2.58 bits per heavy atom. The first-order valence-electron chi connectivity index (χ1n) is 10.5. The van der Waals surface area contributed by atoms with Crippen molar-refractivity contribution in [3.05, 3.63) is 71.7 Å². The van der Waals surface area contributed by atoms with Crippen molar-refractivity contribution in [3.63, 3.8) is 0 Å². The number of Topliss-reactive ketones (excluding diaryl/α,β-unsaturated/α-hetero) is 1. The van der Waals surface area contributed by atoms with Crippen molar-refractivity contribution in [2.45, 2.75) is 11.6 Å². The lowest BCUT2D eigenvalue weighted by Crippen LogP contribution is -2.26. The van der Waals surface area contributed by atoms with Gasteiger partial charge in [-0.2, -0.15) is 0 Å². The molecule has 2 heterocycles. The number of fused-ring (bicyclic) bond motifs is 1. The number of aromatic nitrogens is 4. The number of methoxy groups -OCH3 is 1. The Bertz CT molecular complexity index is 1290. The SMILES string of the molecule is COc1ccc(C(=O)NCCc2nnc(SCC(=O)c3cn(C)c4ccccc34)n2C)cc1. The average Bonchev–Trinajstić information content (AvgIpc) is 3.37. The summed E-state index contributed by atoms with van der Waals surface area (Å²) >= 11 is 1.36. The van der Waals surface area contributed by atoms with Crippen molar-refractivity contribution in [3.8, 4) is 5.75 Å². The molecule has 0 spiro atoms. The number of nitrogens with zero attached hydrogens (tertiary/aromatic N) is 4. The molecule has 0 atom stereocenters. The maximum Gasteiger partial charge on any atom is 0.251 e. The van der Waals surface area contributed by atoms with Gasteiger partial charge in [-0.05, 0) is 30.3 Å². The minimum absolute atomic E-state index is 0.0492. The summed E-state index contributed by atoms with van der Waals surface area (Å²) in [7, 11) is 5.39. The van der Waals surface area contributed by atoms with Gasteiger partial charge in [0.25, 0.3) is 5.91 Å². The number of hydrogen-bond acceptors (Lipinski definition) is 6. The molecule has 4 aromatic rings. The van der Waals surface area contributed by atoms with E-state index in [0.29, 0.717) is 35.0 Å². The molecule has 1 amide bonds. The lowest BCUT2D eigenvalue weighted by atomic mass is 10.1.